The minimum absolute atomic E-state index is 0.109. The number of carbonyl (C=O) groups is 1. The van der Waals surface area contributed by atoms with Gasteiger partial charge in [0.05, 0.1) is 18.5 Å². The lowest BCUT2D eigenvalue weighted by molar-refractivity contribution is -0.119. The van der Waals surface area contributed by atoms with Crippen molar-refractivity contribution in [2.75, 3.05) is 25.2 Å². The van der Waals surface area contributed by atoms with Crippen LogP contribution < -0.4 is 11.5 Å². The first-order valence-electron chi connectivity index (χ1n) is 11.2. The van der Waals surface area contributed by atoms with Gasteiger partial charge in [-0.05, 0) is 35.7 Å². The number of hydrogen-bond donors (Lipinski definition) is 2. The maximum Gasteiger partial charge on any atom is 0.292 e. The molecule has 0 spiro atoms. The van der Waals surface area contributed by atoms with Crippen LogP contribution in [-0.4, -0.2) is 44.2 Å². The van der Waals surface area contributed by atoms with E-state index in [-0.39, 0.29) is 11.8 Å². The molecule has 0 unspecified atom stereocenters. The fourth-order valence-electron chi connectivity index (χ4n) is 4.04. The molecule has 3 heterocycles. The molecule has 178 valence electrons. The van der Waals surface area contributed by atoms with E-state index in [0.29, 0.717) is 66.1 Å². The van der Waals surface area contributed by atoms with Gasteiger partial charge in [0.15, 0.2) is 11.2 Å². The standard InChI is InChI=1S/C25H25N7O3/c1-34-11-10-18(33)8-6-15-2-4-16(5-3-15)13-32-24-21(23(26)28-14-29-24)22(31-32)17-7-9-20-19(12-17)30-25(27)35-20/h2-5,7,9,12,14H,6,8,10-11,13H2,1H3,(H2,27,30)(H2,26,28,29). The van der Waals surface area contributed by atoms with Crippen LogP contribution in [0.25, 0.3) is 33.4 Å². The molecule has 0 aliphatic heterocycles. The summed E-state index contributed by atoms with van der Waals surface area (Å²) in [5, 5.41) is 5.50. The zero-order chi connectivity index (χ0) is 24.4. The molecule has 0 bridgehead atoms. The van der Waals surface area contributed by atoms with Crippen molar-refractivity contribution in [3.63, 3.8) is 0 Å². The Morgan fingerprint density at radius 3 is 2.66 bits per heavy atom. The topological polar surface area (TPSA) is 148 Å². The minimum atomic E-state index is 0.109. The first kappa shape index (κ1) is 22.5. The summed E-state index contributed by atoms with van der Waals surface area (Å²) in [5.41, 5.74) is 17.4. The third-order valence-electron chi connectivity index (χ3n) is 5.87. The van der Waals surface area contributed by atoms with Gasteiger partial charge in [-0.1, -0.05) is 24.3 Å². The highest BCUT2D eigenvalue weighted by Gasteiger charge is 2.18. The number of hydrogen-bond acceptors (Lipinski definition) is 9. The number of nitrogen functional groups attached to an aromatic ring is 2. The molecular formula is C25H25N7O3. The van der Waals surface area contributed by atoms with Crippen LogP contribution in [0.15, 0.2) is 53.2 Å². The molecule has 0 amide bonds. The van der Waals surface area contributed by atoms with Crippen molar-refractivity contribution in [2.45, 2.75) is 25.8 Å². The molecule has 5 rings (SSSR count). The minimum Gasteiger partial charge on any atom is -0.424 e. The lowest BCUT2D eigenvalue weighted by Crippen LogP contribution is -2.05. The van der Waals surface area contributed by atoms with E-state index in [0.717, 1.165) is 16.7 Å². The van der Waals surface area contributed by atoms with E-state index in [4.69, 9.17) is 25.7 Å². The van der Waals surface area contributed by atoms with Crippen molar-refractivity contribution in [2.24, 2.45) is 0 Å². The largest absolute Gasteiger partial charge is 0.424 e. The Balaban J connectivity index is 1.41. The number of nitrogens with zero attached hydrogens (tertiary/aromatic N) is 5. The van der Waals surface area contributed by atoms with Crippen molar-refractivity contribution in [3.8, 4) is 11.3 Å². The van der Waals surface area contributed by atoms with E-state index in [9.17, 15) is 4.79 Å². The molecular weight excluding hydrogens is 446 g/mol. The molecule has 35 heavy (non-hydrogen) atoms. The van der Waals surface area contributed by atoms with Gasteiger partial charge < -0.3 is 20.6 Å². The average molecular weight is 472 g/mol. The van der Waals surface area contributed by atoms with E-state index in [1.807, 2.05) is 41.1 Å². The highest BCUT2D eigenvalue weighted by molar-refractivity contribution is 5.99. The molecule has 0 saturated carbocycles. The fraction of sp³-hybridized carbons (Fsp3) is 0.240. The number of anilines is 2. The number of rotatable bonds is 9. The molecule has 10 heteroatoms. The summed E-state index contributed by atoms with van der Waals surface area (Å²) in [5.74, 6) is 0.555. The normalized spacial score (nSPS) is 11.5. The molecule has 0 aliphatic carbocycles. The Hall–Kier alpha value is -4.31. The van der Waals surface area contributed by atoms with Gasteiger partial charge in [-0.2, -0.15) is 10.1 Å². The van der Waals surface area contributed by atoms with E-state index in [1.54, 1.807) is 13.2 Å². The van der Waals surface area contributed by atoms with Gasteiger partial charge in [-0.25, -0.2) is 14.6 Å². The molecule has 10 nitrogen and oxygen atoms in total. The van der Waals surface area contributed by atoms with Crippen molar-refractivity contribution < 1.29 is 13.9 Å². The summed E-state index contributed by atoms with van der Waals surface area (Å²) >= 11 is 0. The van der Waals surface area contributed by atoms with Crippen molar-refractivity contribution >= 4 is 39.7 Å². The molecule has 0 saturated heterocycles. The summed E-state index contributed by atoms with van der Waals surface area (Å²) in [6.07, 6.45) is 3.10. The Kier molecular flexibility index (Phi) is 6.11. The maximum atomic E-state index is 11.9. The second-order valence-electron chi connectivity index (χ2n) is 8.30. The Morgan fingerprint density at radius 2 is 1.86 bits per heavy atom. The number of oxazole rings is 1. The summed E-state index contributed by atoms with van der Waals surface area (Å²) in [7, 11) is 1.60. The molecule has 0 atom stereocenters. The lowest BCUT2D eigenvalue weighted by atomic mass is 10.0. The lowest BCUT2D eigenvalue weighted by Gasteiger charge is -2.06. The Labute approximate surface area is 200 Å². The van der Waals surface area contributed by atoms with Crippen LogP contribution in [0.2, 0.25) is 0 Å². The SMILES string of the molecule is COCCC(=O)CCc1ccc(Cn2nc(-c3ccc4oc(N)nc4c3)c3c(N)ncnc32)cc1. The number of Topliss-reactive ketones (excluding diaryl/α,β-unsaturated/α-hetero) is 1. The fourth-order valence-corrected chi connectivity index (χ4v) is 4.04. The second-order valence-corrected chi connectivity index (χ2v) is 8.30. The van der Waals surface area contributed by atoms with E-state index in [2.05, 4.69) is 15.0 Å². The van der Waals surface area contributed by atoms with Crippen LogP contribution in [0.5, 0.6) is 0 Å². The number of nitrogens with two attached hydrogens (primary N) is 2. The first-order valence-corrected chi connectivity index (χ1v) is 11.2. The van der Waals surface area contributed by atoms with Crippen LogP contribution in [0.4, 0.5) is 11.8 Å². The summed E-state index contributed by atoms with van der Waals surface area (Å²) in [6, 6.07) is 13.8. The summed E-state index contributed by atoms with van der Waals surface area (Å²) in [4.78, 5) is 24.7. The Morgan fingerprint density at radius 1 is 1.06 bits per heavy atom. The Bertz CT molecular complexity index is 1510. The van der Waals surface area contributed by atoms with Crippen LogP contribution in [0.3, 0.4) is 0 Å². The number of aromatic nitrogens is 5. The molecule has 0 fully saturated rings. The van der Waals surface area contributed by atoms with Crippen molar-refractivity contribution in [1.82, 2.24) is 24.7 Å². The molecule has 3 aromatic heterocycles. The highest BCUT2D eigenvalue weighted by Crippen LogP contribution is 2.32. The van der Waals surface area contributed by atoms with Gasteiger partial charge in [-0.3, -0.25) is 4.79 Å². The number of methoxy groups -OCH3 is 1. The average Bonchev–Trinajstić information content (AvgIpc) is 3.42. The molecule has 0 aliphatic rings. The van der Waals surface area contributed by atoms with Gasteiger partial charge in [0.25, 0.3) is 6.01 Å². The zero-order valence-electron chi connectivity index (χ0n) is 19.3. The summed E-state index contributed by atoms with van der Waals surface area (Å²) in [6.45, 7) is 0.964. The number of ketones is 1. The highest BCUT2D eigenvalue weighted by atomic mass is 16.5. The zero-order valence-corrected chi connectivity index (χ0v) is 19.3. The van der Waals surface area contributed by atoms with Crippen molar-refractivity contribution in [1.29, 1.82) is 0 Å². The van der Waals surface area contributed by atoms with Crippen LogP contribution in [0.1, 0.15) is 24.0 Å². The van der Waals surface area contributed by atoms with Gasteiger partial charge in [0, 0.05) is 25.5 Å². The quantitative estimate of drug-likeness (QED) is 0.330. The first-order chi connectivity index (χ1) is 17.0. The number of aryl methyl sites for hydroxylation is 1. The van der Waals surface area contributed by atoms with Gasteiger partial charge in [0.2, 0.25) is 0 Å². The predicted octanol–water partition coefficient (Wildman–Crippen LogP) is 3.39. The van der Waals surface area contributed by atoms with Crippen molar-refractivity contribution in [3.05, 3.63) is 59.9 Å². The number of ether oxygens (including phenoxy) is 1. The summed E-state index contributed by atoms with van der Waals surface area (Å²) < 4.78 is 12.2. The molecule has 2 aromatic carbocycles. The number of benzene rings is 2. The maximum absolute atomic E-state index is 11.9. The van der Waals surface area contributed by atoms with Gasteiger partial charge >= 0.3 is 0 Å². The third-order valence-corrected chi connectivity index (χ3v) is 5.87. The van der Waals surface area contributed by atoms with E-state index in [1.165, 1.54) is 6.33 Å². The smallest absolute Gasteiger partial charge is 0.292 e. The number of carbonyl (C=O) groups excluding carboxylic acids is 1. The van der Waals surface area contributed by atoms with Gasteiger partial charge in [-0.15, -0.1) is 0 Å². The number of fused-ring (bicyclic) bond motifs is 2. The van der Waals surface area contributed by atoms with Crippen LogP contribution >= 0.6 is 0 Å². The van der Waals surface area contributed by atoms with Gasteiger partial charge in [0.1, 0.15) is 29.1 Å². The van der Waals surface area contributed by atoms with Crippen LogP contribution in [0, 0.1) is 0 Å². The van der Waals surface area contributed by atoms with E-state index >= 15 is 0 Å². The van der Waals surface area contributed by atoms with E-state index < -0.39 is 0 Å². The van der Waals surface area contributed by atoms with Crippen LogP contribution in [-0.2, 0) is 22.5 Å². The predicted molar refractivity (Wildman–Crippen MR) is 133 cm³/mol. The third kappa shape index (κ3) is 4.69. The molecule has 0 radical (unpaired) electrons. The molecule has 5 aromatic rings. The monoisotopic (exact) mass is 471 g/mol. The second kappa shape index (κ2) is 9.51. The molecule has 4 N–H and O–H groups in total.